The normalized spacial score (nSPS) is 19.4. The Hall–Kier alpha value is 0.0500. The molecular weight excluding hydrogens is 132 g/mol. The van der Waals surface area contributed by atoms with E-state index in [2.05, 4.69) is 12.3 Å². The molecule has 0 unspecified atom stereocenters. The first kappa shape index (κ1) is 7.16. The summed E-state index contributed by atoms with van der Waals surface area (Å²) in [6, 6.07) is 0. The lowest BCUT2D eigenvalue weighted by molar-refractivity contribution is 0.155. The zero-order chi connectivity index (χ0) is 6.53. The molecule has 1 aliphatic heterocycles. The van der Waals surface area contributed by atoms with E-state index >= 15 is 0 Å². The van der Waals surface area contributed by atoms with Gasteiger partial charge < -0.3 is 4.74 Å². The standard InChI is InChI=1S/C7H12OS/c1-9-6-7-2-4-8-5-3-7/h2H,3-6H2,1H3. The van der Waals surface area contributed by atoms with E-state index in [1.807, 2.05) is 11.8 Å². The SMILES string of the molecule is CSCC1=CCOCC1. The third-order valence-electron chi connectivity index (χ3n) is 1.39. The van der Waals surface area contributed by atoms with Crippen LogP contribution < -0.4 is 0 Å². The van der Waals surface area contributed by atoms with E-state index in [0.717, 1.165) is 19.6 Å². The predicted octanol–water partition coefficient (Wildman–Crippen LogP) is 1.70. The quantitative estimate of drug-likeness (QED) is 0.545. The van der Waals surface area contributed by atoms with Gasteiger partial charge in [-0.15, -0.1) is 0 Å². The molecule has 0 amide bonds. The molecule has 0 saturated heterocycles. The second-order valence-corrected chi connectivity index (χ2v) is 2.99. The highest BCUT2D eigenvalue weighted by molar-refractivity contribution is 7.98. The van der Waals surface area contributed by atoms with Gasteiger partial charge in [0, 0.05) is 5.75 Å². The topological polar surface area (TPSA) is 9.23 Å². The summed E-state index contributed by atoms with van der Waals surface area (Å²) in [4.78, 5) is 0. The average Bonchev–Trinajstić information content (AvgIpc) is 1.91. The highest BCUT2D eigenvalue weighted by Crippen LogP contribution is 2.11. The monoisotopic (exact) mass is 144 g/mol. The van der Waals surface area contributed by atoms with Gasteiger partial charge in [0.2, 0.25) is 0 Å². The number of rotatable bonds is 2. The molecule has 0 atom stereocenters. The van der Waals surface area contributed by atoms with E-state index in [4.69, 9.17) is 4.74 Å². The van der Waals surface area contributed by atoms with Gasteiger partial charge in [-0.05, 0) is 12.7 Å². The number of ether oxygens (including phenoxy) is 1. The van der Waals surface area contributed by atoms with Crippen molar-refractivity contribution in [3.63, 3.8) is 0 Å². The molecule has 1 aliphatic rings. The minimum atomic E-state index is 0.829. The van der Waals surface area contributed by atoms with E-state index in [9.17, 15) is 0 Å². The van der Waals surface area contributed by atoms with Crippen LogP contribution in [0.1, 0.15) is 6.42 Å². The third-order valence-corrected chi connectivity index (χ3v) is 2.05. The maximum absolute atomic E-state index is 5.16. The van der Waals surface area contributed by atoms with Crippen molar-refractivity contribution in [2.45, 2.75) is 6.42 Å². The highest BCUT2D eigenvalue weighted by atomic mass is 32.2. The van der Waals surface area contributed by atoms with Crippen molar-refractivity contribution in [3.8, 4) is 0 Å². The summed E-state index contributed by atoms with van der Waals surface area (Å²) in [5, 5.41) is 0. The molecule has 0 spiro atoms. The molecule has 1 rings (SSSR count). The van der Waals surface area contributed by atoms with Crippen molar-refractivity contribution in [2.24, 2.45) is 0 Å². The lowest BCUT2D eigenvalue weighted by Gasteiger charge is -2.11. The van der Waals surface area contributed by atoms with Gasteiger partial charge in [-0.2, -0.15) is 11.8 Å². The second-order valence-electron chi connectivity index (χ2n) is 2.12. The largest absolute Gasteiger partial charge is 0.377 e. The Morgan fingerprint density at radius 1 is 1.78 bits per heavy atom. The minimum absolute atomic E-state index is 0.829. The van der Waals surface area contributed by atoms with Crippen LogP contribution in [0.3, 0.4) is 0 Å². The first-order valence-electron chi connectivity index (χ1n) is 3.18. The molecule has 1 heterocycles. The lowest BCUT2D eigenvalue weighted by Crippen LogP contribution is -2.05. The second kappa shape index (κ2) is 3.96. The summed E-state index contributed by atoms with van der Waals surface area (Å²) < 4.78 is 5.16. The van der Waals surface area contributed by atoms with Gasteiger partial charge >= 0.3 is 0 Å². The number of hydrogen-bond donors (Lipinski definition) is 0. The Balaban J connectivity index is 2.28. The molecule has 0 aromatic carbocycles. The smallest absolute Gasteiger partial charge is 0.0650 e. The Bertz CT molecular complexity index is 109. The molecule has 2 heteroatoms. The van der Waals surface area contributed by atoms with Crippen LogP contribution >= 0.6 is 11.8 Å². The van der Waals surface area contributed by atoms with Crippen LogP contribution in [0.2, 0.25) is 0 Å². The van der Waals surface area contributed by atoms with E-state index in [0.29, 0.717) is 0 Å². The fourth-order valence-corrected chi connectivity index (χ4v) is 1.51. The molecule has 0 radical (unpaired) electrons. The van der Waals surface area contributed by atoms with Crippen LogP contribution in [0.15, 0.2) is 11.6 Å². The Morgan fingerprint density at radius 2 is 2.67 bits per heavy atom. The third kappa shape index (κ3) is 2.41. The van der Waals surface area contributed by atoms with Gasteiger partial charge in [0.15, 0.2) is 0 Å². The fourth-order valence-electron chi connectivity index (χ4n) is 0.882. The Labute approximate surface area is 60.5 Å². The van der Waals surface area contributed by atoms with Crippen molar-refractivity contribution in [2.75, 3.05) is 25.2 Å². The summed E-state index contributed by atoms with van der Waals surface area (Å²) in [6.07, 6.45) is 5.47. The first-order chi connectivity index (χ1) is 4.43. The maximum Gasteiger partial charge on any atom is 0.0650 e. The molecular formula is C7H12OS. The van der Waals surface area contributed by atoms with Crippen LogP contribution in [-0.2, 0) is 4.74 Å². The van der Waals surface area contributed by atoms with Crippen LogP contribution in [0.25, 0.3) is 0 Å². The maximum atomic E-state index is 5.16. The predicted molar refractivity (Wildman–Crippen MR) is 41.9 cm³/mol. The van der Waals surface area contributed by atoms with Crippen molar-refractivity contribution in [3.05, 3.63) is 11.6 Å². The Kier molecular flexibility index (Phi) is 3.15. The summed E-state index contributed by atoms with van der Waals surface area (Å²) in [7, 11) is 0. The molecule has 0 aromatic heterocycles. The van der Waals surface area contributed by atoms with E-state index < -0.39 is 0 Å². The van der Waals surface area contributed by atoms with Crippen molar-refractivity contribution < 1.29 is 4.74 Å². The van der Waals surface area contributed by atoms with Crippen LogP contribution in [-0.4, -0.2) is 25.2 Å². The zero-order valence-corrected chi connectivity index (χ0v) is 6.54. The number of hydrogen-bond acceptors (Lipinski definition) is 2. The highest BCUT2D eigenvalue weighted by Gasteiger charge is 2.00. The van der Waals surface area contributed by atoms with Gasteiger partial charge in [0.1, 0.15) is 0 Å². The van der Waals surface area contributed by atoms with Crippen molar-refractivity contribution in [1.29, 1.82) is 0 Å². The molecule has 0 N–H and O–H groups in total. The van der Waals surface area contributed by atoms with E-state index in [1.54, 1.807) is 5.57 Å². The summed E-state index contributed by atoms with van der Waals surface area (Å²) in [5.41, 5.74) is 1.55. The molecule has 0 aromatic rings. The van der Waals surface area contributed by atoms with Gasteiger partial charge in [0.25, 0.3) is 0 Å². The van der Waals surface area contributed by atoms with Crippen molar-refractivity contribution >= 4 is 11.8 Å². The summed E-state index contributed by atoms with van der Waals surface area (Å²) in [5.74, 6) is 1.18. The molecule has 52 valence electrons. The van der Waals surface area contributed by atoms with Crippen LogP contribution in [0.4, 0.5) is 0 Å². The van der Waals surface area contributed by atoms with Gasteiger partial charge in [-0.3, -0.25) is 0 Å². The minimum Gasteiger partial charge on any atom is -0.377 e. The molecule has 0 bridgehead atoms. The van der Waals surface area contributed by atoms with E-state index in [-0.39, 0.29) is 0 Å². The average molecular weight is 144 g/mol. The molecule has 0 saturated carbocycles. The summed E-state index contributed by atoms with van der Waals surface area (Å²) >= 11 is 1.88. The zero-order valence-electron chi connectivity index (χ0n) is 5.72. The molecule has 9 heavy (non-hydrogen) atoms. The van der Waals surface area contributed by atoms with Crippen LogP contribution in [0, 0.1) is 0 Å². The van der Waals surface area contributed by atoms with Gasteiger partial charge in [0.05, 0.1) is 13.2 Å². The first-order valence-corrected chi connectivity index (χ1v) is 4.57. The number of thioether (sulfide) groups is 1. The van der Waals surface area contributed by atoms with Crippen molar-refractivity contribution in [1.82, 2.24) is 0 Å². The summed E-state index contributed by atoms with van der Waals surface area (Å²) in [6.45, 7) is 1.75. The molecule has 0 aliphatic carbocycles. The lowest BCUT2D eigenvalue weighted by atomic mass is 10.2. The van der Waals surface area contributed by atoms with Gasteiger partial charge in [-0.1, -0.05) is 11.6 Å². The molecule has 0 fully saturated rings. The molecule has 1 nitrogen and oxygen atoms in total. The Morgan fingerprint density at radius 3 is 3.22 bits per heavy atom. The van der Waals surface area contributed by atoms with E-state index in [1.165, 1.54) is 5.75 Å². The van der Waals surface area contributed by atoms with Gasteiger partial charge in [-0.25, -0.2) is 0 Å². The van der Waals surface area contributed by atoms with Crippen LogP contribution in [0.5, 0.6) is 0 Å². The fraction of sp³-hybridized carbons (Fsp3) is 0.714.